The van der Waals surface area contributed by atoms with Gasteiger partial charge in [0.15, 0.2) is 0 Å². The van der Waals surface area contributed by atoms with Crippen molar-refractivity contribution >= 4 is 16.6 Å². The summed E-state index contributed by atoms with van der Waals surface area (Å²) in [7, 11) is 4.02. The first-order chi connectivity index (χ1) is 17.4. The van der Waals surface area contributed by atoms with Crippen LogP contribution >= 0.6 is 0 Å². The topological polar surface area (TPSA) is 68.9 Å². The molecular formula is C28H33F3N6. The van der Waals surface area contributed by atoms with E-state index in [1.807, 2.05) is 26.2 Å². The Morgan fingerprint density at radius 2 is 1.89 bits per heavy atom. The molecule has 0 bridgehead atoms. The molecule has 2 heterocycles. The number of nitrogens with one attached hydrogen (secondary N) is 2. The fraction of sp³-hybridized carbons (Fsp3) is 0.429. The summed E-state index contributed by atoms with van der Waals surface area (Å²) >= 11 is 0. The van der Waals surface area contributed by atoms with Gasteiger partial charge in [-0.3, -0.25) is 4.98 Å². The highest BCUT2D eigenvalue weighted by atomic mass is 19.4. The second-order valence-electron chi connectivity index (χ2n) is 9.99. The van der Waals surface area contributed by atoms with E-state index in [1.165, 1.54) is 4.57 Å². The third kappa shape index (κ3) is 7.98. The van der Waals surface area contributed by atoms with Gasteiger partial charge in [-0.2, -0.15) is 18.4 Å². The number of rotatable bonds is 9. The van der Waals surface area contributed by atoms with Crippen molar-refractivity contribution in [3.63, 3.8) is 0 Å². The van der Waals surface area contributed by atoms with E-state index < -0.39 is 18.1 Å². The minimum atomic E-state index is -4.37. The number of aromatic nitrogens is 2. The molecule has 0 fully saturated rings. The van der Waals surface area contributed by atoms with Gasteiger partial charge < -0.3 is 20.1 Å². The number of fused-ring (bicyclic) bond motifs is 1. The Bertz CT molecular complexity index is 1300. The molecule has 0 amide bonds. The molecule has 9 heteroatoms. The third-order valence-electron chi connectivity index (χ3n) is 5.88. The smallest absolute Gasteiger partial charge is 0.373 e. The first-order valence-corrected chi connectivity index (χ1v) is 12.1. The number of hydrogen-bond acceptors (Lipinski definition) is 5. The number of hydrogen-bond donors (Lipinski definition) is 2. The Labute approximate surface area is 216 Å². The molecule has 1 aromatic carbocycles. The van der Waals surface area contributed by atoms with E-state index in [0.717, 1.165) is 17.5 Å². The van der Waals surface area contributed by atoms with Gasteiger partial charge in [0.05, 0.1) is 41.3 Å². The molecular weight excluding hydrogens is 477 g/mol. The number of nitrogens with zero attached hydrogens (tertiary/aromatic N) is 4. The lowest BCUT2D eigenvalue weighted by atomic mass is 9.91. The second kappa shape index (κ2) is 11.7. The molecule has 3 rings (SSSR count). The summed E-state index contributed by atoms with van der Waals surface area (Å²) in [6.07, 6.45) is -2.75. The molecule has 0 spiro atoms. The summed E-state index contributed by atoms with van der Waals surface area (Å²) in [5.74, 6) is 5.82. The summed E-state index contributed by atoms with van der Waals surface area (Å²) in [4.78, 5) is 6.42. The van der Waals surface area contributed by atoms with E-state index in [9.17, 15) is 18.4 Å². The van der Waals surface area contributed by atoms with Gasteiger partial charge in [-0.15, -0.1) is 0 Å². The maximum absolute atomic E-state index is 13.3. The van der Waals surface area contributed by atoms with Crippen molar-refractivity contribution in [3.8, 4) is 17.9 Å². The number of likely N-dealkylation sites (N-methyl/N-ethyl adjacent to an activating group) is 1. The van der Waals surface area contributed by atoms with Gasteiger partial charge >= 0.3 is 6.18 Å². The monoisotopic (exact) mass is 510 g/mol. The molecule has 1 atom stereocenters. The number of anilines is 1. The molecule has 0 radical (unpaired) electrons. The molecule has 0 aliphatic carbocycles. The van der Waals surface area contributed by atoms with Crippen LogP contribution in [0.4, 0.5) is 18.9 Å². The van der Waals surface area contributed by atoms with Crippen molar-refractivity contribution in [2.75, 3.05) is 32.5 Å². The van der Waals surface area contributed by atoms with Crippen molar-refractivity contribution in [2.24, 2.45) is 0 Å². The lowest BCUT2D eigenvalue weighted by Crippen LogP contribution is -2.35. The Morgan fingerprint density at radius 3 is 2.51 bits per heavy atom. The highest BCUT2D eigenvalue weighted by molar-refractivity contribution is 5.83. The van der Waals surface area contributed by atoms with Crippen LogP contribution in [0.15, 0.2) is 42.6 Å². The Hall–Kier alpha value is -3.53. The van der Waals surface area contributed by atoms with Crippen LogP contribution in [0.3, 0.4) is 0 Å². The van der Waals surface area contributed by atoms with Crippen molar-refractivity contribution in [2.45, 2.75) is 51.5 Å². The highest BCUT2D eigenvalue weighted by Crippen LogP contribution is 2.26. The number of benzene rings is 1. The Balaban J connectivity index is 1.76. The van der Waals surface area contributed by atoms with Crippen molar-refractivity contribution < 1.29 is 13.2 Å². The zero-order valence-corrected chi connectivity index (χ0v) is 21.9. The first kappa shape index (κ1) is 28.0. The maximum Gasteiger partial charge on any atom is 0.406 e. The summed E-state index contributed by atoms with van der Waals surface area (Å²) < 4.78 is 41.3. The highest BCUT2D eigenvalue weighted by Gasteiger charge is 2.29. The number of alkyl halides is 3. The minimum absolute atomic E-state index is 0.231. The van der Waals surface area contributed by atoms with Crippen LogP contribution in [0.25, 0.3) is 10.9 Å². The lowest BCUT2D eigenvalue weighted by Gasteiger charge is -2.18. The predicted molar refractivity (Wildman–Crippen MR) is 141 cm³/mol. The van der Waals surface area contributed by atoms with E-state index in [2.05, 4.69) is 45.4 Å². The van der Waals surface area contributed by atoms with Crippen molar-refractivity contribution in [3.05, 3.63) is 59.5 Å². The molecule has 3 aromatic rings. The number of halogens is 3. The fourth-order valence-electron chi connectivity index (χ4n) is 3.99. The number of nitriles is 1. The quantitative estimate of drug-likeness (QED) is 0.401. The van der Waals surface area contributed by atoms with Crippen molar-refractivity contribution in [1.29, 1.82) is 5.26 Å². The van der Waals surface area contributed by atoms with E-state index in [0.29, 0.717) is 29.1 Å². The van der Waals surface area contributed by atoms with Crippen LogP contribution in [0.1, 0.15) is 37.7 Å². The average Bonchev–Trinajstić information content (AvgIpc) is 3.15. The van der Waals surface area contributed by atoms with Crippen LogP contribution in [0.2, 0.25) is 0 Å². The summed E-state index contributed by atoms with van der Waals surface area (Å²) in [6.45, 7) is 6.31. The molecule has 6 nitrogen and oxygen atoms in total. The SMILES string of the molecule is CC(CN(C)C)NCc1ccc2c(c1)cc(C#CCNc1ccc(C(C)(C)C#N)nc1)n2CC(F)(F)F. The van der Waals surface area contributed by atoms with Crippen LogP contribution < -0.4 is 10.6 Å². The molecule has 0 saturated heterocycles. The number of pyridine rings is 1. The largest absolute Gasteiger partial charge is 0.406 e. The molecule has 1 unspecified atom stereocenters. The van der Waals surface area contributed by atoms with Gasteiger partial charge in [-0.25, -0.2) is 0 Å². The van der Waals surface area contributed by atoms with Crippen molar-refractivity contribution in [1.82, 2.24) is 19.8 Å². The molecule has 196 valence electrons. The van der Waals surface area contributed by atoms with Crippen LogP contribution in [0, 0.1) is 23.2 Å². The predicted octanol–water partition coefficient (Wildman–Crippen LogP) is 4.90. The molecule has 0 aliphatic heterocycles. The summed E-state index contributed by atoms with van der Waals surface area (Å²) in [6, 6.07) is 13.3. The fourth-order valence-corrected chi connectivity index (χ4v) is 3.99. The molecule has 0 saturated carbocycles. The lowest BCUT2D eigenvalue weighted by molar-refractivity contribution is -0.140. The summed E-state index contributed by atoms with van der Waals surface area (Å²) in [5.41, 5.74) is 2.49. The van der Waals surface area contributed by atoms with Gasteiger partial charge in [0.25, 0.3) is 0 Å². The molecule has 0 aliphatic rings. The maximum atomic E-state index is 13.3. The van der Waals surface area contributed by atoms with Crippen LogP contribution in [-0.2, 0) is 18.5 Å². The van der Waals surface area contributed by atoms with Gasteiger partial charge in [-0.05, 0) is 76.7 Å². The van der Waals surface area contributed by atoms with E-state index in [-0.39, 0.29) is 12.6 Å². The summed E-state index contributed by atoms with van der Waals surface area (Å²) in [5, 5.41) is 16.5. The Morgan fingerprint density at radius 1 is 1.14 bits per heavy atom. The molecule has 37 heavy (non-hydrogen) atoms. The average molecular weight is 511 g/mol. The van der Waals surface area contributed by atoms with Gasteiger partial charge in [0.1, 0.15) is 6.54 Å². The van der Waals surface area contributed by atoms with E-state index >= 15 is 0 Å². The zero-order valence-electron chi connectivity index (χ0n) is 21.9. The van der Waals surface area contributed by atoms with E-state index in [1.54, 1.807) is 44.3 Å². The second-order valence-corrected chi connectivity index (χ2v) is 9.99. The Kier molecular flexibility index (Phi) is 8.85. The molecule has 2 aromatic heterocycles. The van der Waals surface area contributed by atoms with Gasteiger partial charge in [0.2, 0.25) is 0 Å². The van der Waals surface area contributed by atoms with Gasteiger partial charge in [0, 0.05) is 30.0 Å². The van der Waals surface area contributed by atoms with Crippen LogP contribution in [-0.4, -0.2) is 53.9 Å². The third-order valence-corrected chi connectivity index (χ3v) is 5.88. The minimum Gasteiger partial charge on any atom is -0.373 e. The zero-order chi connectivity index (χ0) is 27.2. The van der Waals surface area contributed by atoms with Crippen LogP contribution in [0.5, 0.6) is 0 Å². The van der Waals surface area contributed by atoms with E-state index in [4.69, 9.17) is 0 Å². The standard InChI is InChI=1S/C28H33F3N6/c1-20(17-36(4)5)34-15-21-8-10-25-22(13-21)14-24(37(25)19-28(29,30)31)7-6-12-33-23-9-11-26(35-16-23)27(2,3)18-32/h8-11,13-14,16,20,33-34H,12,15,17,19H2,1-5H3. The molecule has 2 N–H and O–H groups in total. The first-order valence-electron chi connectivity index (χ1n) is 12.1. The van der Waals surface area contributed by atoms with Gasteiger partial charge in [-0.1, -0.05) is 12.0 Å². The normalized spacial score (nSPS) is 12.8.